The van der Waals surface area contributed by atoms with Crippen LogP contribution in [0.5, 0.6) is 0 Å². The molecule has 0 radical (unpaired) electrons. The summed E-state index contributed by atoms with van der Waals surface area (Å²) in [4.78, 5) is 76.8. The zero-order valence-electron chi connectivity index (χ0n) is 63.4. The number of carbonyl (C=O) groups excluding carboxylic acids is 3. The third-order valence-corrected chi connectivity index (χ3v) is 25.9. The maximum absolute atomic E-state index is 14.7. The van der Waals surface area contributed by atoms with E-state index in [1.165, 1.54) is 32.9 Å². The number of benzene rings is 1. The van der Waals surface area contributed by atoms with Crippen LogP contribution >= 0.6 is 11.6 Å². The van der Waals surface area contributed by atoms with Crippen LogP contribution in [0.4, 0.5) is 87.8 Å². The minimum Gasteiger partial charge on any atom is -0.298 e. The van der Waals surface area contributed by atoms with Gasteiger partial charge in [-0.3, -0.25) is 29.3 Å². The van der Waals surface area contributed by atoms with Gasteiger partial charge in [0.2, 0.25) is 41.7 Å². The number of sulfonamides is 3. The molecule has 0 saturated carbocycles. The summed E-state index contributed by atoms with van der Waals surface area (Å²) in [5, 5.41) is 8.89. The Morgan fingerprint density at radius 1 is 0.444 bits per heavy atom. The predicted molar refractivity (Wildman–Crippen MR) is 397 cm³/mol. The summed E-state index contributed by atoms with van der Waals surface area (Å²) in [6.45, 7) is 4.44. The molecule has 3 aliphatic heterocycles. The van der Waals surface area contributed by atoms with E-state index in [9.17, 15) is 127 Å². The summed E-state index contributed by atoms with van der Waals surface area (Å²) in [6, 6.07) is 5.11. The number of rotatable bonds is 23. The number of carbonyl (C=O) groups is 3. The second kappa shape index (κ2) is 38.0. The number of aryl methyl sites for hydroxylation is 3. The summed E-state index contributed by atoms with van der Waals surface area (Å²) >= 11 is 5.70. The van der Waals surface area contributed by atoms with Crippen LogP contribution in [0.1, 0.15) is 137 Å². The number of aromatic nitrogens is 11. The Balaban J connectivity index is 0.000000210. The molecule has 664 valence electrons. The fourth-order valence-corrected chi connectivity index (χ4v) is 18.9. The van der Waals surface area contributed by atoms with Crippen LogP contribution in [-0.4, -0.2) is 165 Å². The van der Waals surface area contributed by atoms with Crippen molar-refractivity contribution in [3.05, 3.63) is 203 Å². The topological polar surface area (TPSA) is 329 Å². The number of ketones is 3. The number of Topliss-reactive ketones (excluding diaryl/α,β-unsaturated/α-hetero) is 3. The molecule has 11 heterocycles. The quantitative estimate of drug-likeness (QED) is 0.0424. The van der Waals surface area contributed by atoms with Gasteiger partial charge in [-0.15, -0.1) is 0 Å². The van der Waals surface area contributed by atoms with Crippen molar-refractivity contribution in [2.75, 3.05) is 0 Å². The molecule has 3 aliphatic rings. The van der Waals surface area contributed by atoms with E-state index in [-0.39, 0.29) is 73.7 Å². The highest BCUT2D eigenvalue weighted by atomic mass is 35.5. The molecule has 0 aliphatic carbocycles. The van der Waals surface area contributed by atoms with E-state index < -0.39 is 247 Å². The van der Waals surface area contributed by atoms with E-state index >= 15 is 0 Å². The average molecular weight is 1850 g/mol. The number of nitrogens with zero attached hydrogens (tertiary/aromatic N) is 15. The van der Waals surface area contributed by atoms with Gasteiger partial charge < -0.3 is 0 Å². The fourth-order valence-electron chi connectivity index (χ4n) is 13.4. The van der Waals surface area contributed by atoms with Crippen molar-refractivity contribution in [2.45, 2.75) is 199 Å². The van der Waals surface area contributed by atoms with Gasteiger partial charge in [0.15, 0.2) is 23.2 Å². The molecule has 3 saturated heterocycles. The van der Waals surface area contributed by atoms with Crippen LogP contribution in [-0.2, 0) is 94.3 Å². The van der Waals surface area contributed by atoms with Crippen molar-refractivity contribution in [3.63, 3.8) is 0 Å². The summed E-state index contributed by atoms with van der Waals surface area (Å²) in [6.07, 6.45) is -23.2. The highest BCUT2D eigenvalue weighted by molar-refractivity contribution is 7.89. The third-order valence-electron chi connectivity index (χ3n) is 19.7. The number of alkyl halides is 19. The van der Waals surface area contributed by atoms with Gasteiger partial charge in [0, 0.05) is 136 Å². The largest absolute Gasteiger partial charge is 0.451 e. The zero-order chi connectivity index (χ0) is 90.8. The molecule has 0 N–H and O–H groups in total. The first-order chi connectivity index (χ1) is 57.2. The second-order valence-corrected chi connectivity index (χ2v) is 33.9. The Morgan fingerprint density at radius 2 is 0.790 bits per heavy atom. The zero-order valence-corrected chi connectivity index (χ0v) is 66.6. The molecular weight excluding hydrogens is 1780 g/mol. The van der Waals surface area contributed by atoms with Crippen LogP contribution < -0.4 is 0 Å². The minimum absolute atomic E-state index is 0. The highest BCUT2D eigenvalue weighted by Gasteiger charge is 2.53. The maximum atomic E-state index is 14.7. The third kappa shape index (κ3) is 22.2. The summed E-state index contributed by atoms with van der Waals surface area (Å²) in [7, 11) is -13.3. The van der Waals surface area contributed by atoms with Gasteiger partial charge in [-0.1, -0.05) is 19.0 Å². The van der Waals surface area contributed by atoms with Crippen molar-refractivity contribution in [1.82, 2.24) is 67.7 Å². The van der Waals surface area contributed by atoms with Crippen LogP contribution in [0, 0.1) is 17.1 Å². The first-order valence-corrected chi connectivity index (χ1v) is 40.7. The molecule has 1 aromatic carbocycles. The number of halogens is 21. The molecule has 24 nitrogen and oxygen atoms in total. The van der Waals surface area contributed by atoms with Crippen molar-refractivity contribution in [2.24, 2.45) is 0 Å². The van der Waals surface area contributed by atoms with Crippen LogP contribution in [0.15, 0.2) is 150 Å². The molecule has 9 atom stereocenters. The lowest BCUT2D eigenvalue weighted by molar-refractivity contribution is -0.145. The molecule has 0 unspecified atom stereocenters. The van der Waals surface area contributed by atoms with E-state index in [2.05, 4.69) is 54.8 Å². The minimum atomic E-state index is -4.91. The molecule has 48 heteroatoms. The van der Waals surface area contributed by atoms with Gasteiger partial charge in [-0.25, -0.2) is 91.5 Å². The van der Waals surface area contributed by atoms with Gasteiger partial charge in [-0.05, 0) is 123 Å². The molecule has 0 amide bonds. The summed E-state index contributed by atoms with van der Waals surface area (Å²) < 4.78 is 352. The number of pyridine rings is 5. The molecule has 12 rings (SSSR count). The molecule has 0 bridgehead atoms. The Hall–Kier alpha value is -10.7. The molecule has 9 aromatic rings. The number of nitriles is 1. The lowest BCUT2D eigenvalue weighted by atomic mass is 9.98. The molecular formula is C76H66ClF20N15O9S3. The Kier molecular flexibility index (Phi) is 29.8. The Labute approximate surface area is 697 Å². The fraction of sp³-hybridized carbons (Fsp3) is 0.382. The Morgan fingerprint density at radius 3 is 1.13 bits per heavy atom. The first-order valence-electron chi connectivity index (χ1n) is 36.0. The maximum Gasteiger partial charge on any atom is 0.451 e. The van der Waals surface area contributed by atoms with Crippen LogP contribution in [0.25, 0.3) is 33.6 Å². The molecule has 3 fully saturated rings. The average Bonchev–Trinajstić information content (AvgIpc) is 1.62. The van der Waals surface area contributed by atoms with Gasteiger partial charge in [0.05, 0.1) is 63.7 Å². The first kappa shape index (κ1) is 97.1. The molecule has 124 heavy (non-hydrogen) atoms. The van der Waals surface area contributed by atoms with Crippen molar-refractivity contribution in [1.29, 1.82) is 5.26 Å². The monoisotopic (exact) mass is 1840 g/mol. The van der Waals surface area contributed by atoms with E-state index in [0.29, 0.717) is 27.9 Å². The van der Waals surface area contributed by atoms with E-state index in [1.807, 2.05) is 0 Å². The van der Waals surface area contributed by atoms with Crippen LogP contribution in [0.3, 0.4) is 0 Å². The van der Waals surface area contributed by atoms with Crippen molar-refractivity contribution < 1.29 is 127 Å². The van der Waals surface area contributed by atoms with Crippen LogP contribution in [0.2, 0.25) is 5.15 Å². The summed E-state index contributed by atoms with van der Waals surface area (Å²) in [5.41, 5.74) is -4.22. The van der Waals surface area contributed by atoms with E-state index in [1.54, 1.807) is 6.07 Å². The van der Waals surface area contributed by atoms with E-state index in [0.717, 1.165) is 115 Å². The van der Waals surface area contributed by atoms with E-state index in [4.69, 9.17) is 16.9 Å². The Bertz CT molecular complexity index is 5760. The van der Waals surface area contributed by atoms with Crippen molar-refractivity contribution in [3.8, 4) is 39.7 Å². The SMILES string of the molecule is C.C[C@H]1[C@H](F)C[C@@H](C(=O)CCc2cc(-c3cnc(C(C)(F)F)nc3)cnc2C(F)F)N1S(=O)(=O)c1ccc(F)cc1.C[C@H]1[C@H](F)C[C@@H](C(=O)CCc2cc(-c3cnc(C(F)(F)F)nc3)ncc2C(F)(F)F)N1S(=O)(=O)c1ccc(C#N)nc1.C[C@H]1[C@H](F)C[C@@H](C(=O)CCc2cc(-c3cnc(C(F)(F)F)nc3)ncc2C(F)(F)F)N1S(=O)(=O)c1ccc(Cl)nc1. The van der Waals surface area contributed by atoms with Gasteiger partial charge >= 0.3 is 30.6 Å². The van der Waals surface area contributed by atoms with Gasteiger partial charge in [0.1, 0.15) is 56.7 Å². The molecule has 0 spiro atoms. The standard InChI is InChI=1S/C26H24F6N4O3S.C25H19F7N6O3S.C24H19ClF7N5O3S.CH4/c1-14-20(28)10-21(36(14)40(38,39)19-6-4-18(27)5-7-19)22(37)8-3-15-9-16(11-33-23(15)24(29)30)17-12-34-25(35-13-17)26(2,31)32;1-13-19(26)7-21(38(13)42(40,41)17-4-3-16(8-33)34-11-17)22(39)5-2-14-6-20(35-12-18(14)24(27,28)29)15-9-36-23(37-10-15)25(30,31)32;1-12-17(26)7-19(37(12)41(39,40)15-3-5-21(25)34-10-15)20(38)4-2-13-6-18(33-11-16(13)23(27,28)29)14-8-35-22(36-9-14)24(30,31)32;/h4-7,9,11-14,20-21,24H,3,8,10H2,1-2H3;3-4,6,9-13,19,21H,2,5,7H2,1H3;3,5-6,8-12,17,19H,2,4,7H2,1H3;1H4/t14-,20+,21-;13-,19+,21-;12-,17+,19-;/m000./s1. The lowest BCUT2D eigenvalue weighted by Crippen LogP contribution is -2.44. The summed E-state index contributed by atoms with van der Waals surface area (Å²) in [5.74, 6) is -9.97. The normalized spacial score (nSPS) is 20.0. The lowest BCUT2D eigenvalue weighted by Gasteiger charge is -2.27. The number of hydrogen-bond acceptors (Lipinski definition) is 21. The number of hydrogen-bond donors (Lipinski definition) is 0. The van der Waals surface area contributed by atoms with Gasteiger partial charge in [0.25, 0.3) is 6.43 Å². The smallest absolute Gasteiger partial charge is 0.298 e. The molecule has 8 aromatic heterocycles. The predicted octanol–water partition coefficient (Wildman–Crippen LogP) is 15.9. The van der Waals surface area contributed by atoms with Crippen molar-refractivity contribution >= 4 is 59.0 Å². The highest BCUT2D eigenvalue weighted by Crippen LogP contribution is 2.42. The second-order valence-electron chi connectivity index (χ2n) is 28.0. The van der Waals surface area contributed by atoms with Gasteiger partial charge in [-0.2, -0.15) is 79.6 Å².